The van der Waals surface area contributed by atoms with Crippen molar-refractivity contribution >= 4 is 5.97 Å². The highest BCUT2D eigenvalue weighted by molar-refractivity contribution is 5.69. The Bertz CT molecular complexity index is 185. The summed E-state index contributed by atoms with van der Waals surface area (Å²) >= 11 is 0. The lowest BCUT2D eigenvalue weighted by Gasteiger charge is -2.12. The SMILES string of the molecule is CC(C)CC(C)CC(=O)OCC1CO1. The van der Waals surface area contributed by atoms with E-state index in [0.717, 1.165) is 13.0 Å². The van der Waals surface area contributed by atoms with Gasteiger partial charge in [-0.05, 0) is 18.3 Å². The Kier molecular flexibility index (Phi) is 4.39. The number of ether oxygens (including phenoxy) is 2. The predicted octanol–water partition coefficient (Wildman–Crippen LogP) is 2.00. The van der Waals surface area contributed by atoms with Gasteiger partial charge in [0.25, 0.3) is 0 Å². The molecule has 0 aromatic rings. The maximum Gasteiger partial charge on any atom is 0.306 e. The maximum absolute atomic E-state index is 11.3. The molecule has 1 heterocycles. The van der Waals surface area contributed by atoms with Crippen LogP contribution in [0.3, 0.4) is 0 Å². The van der Waals surface area contributed by atoms with E-state index in [1.165, 1.54) is 0 Å². The molecule has 14 heavy (non-hydrogen) atoms. The monoisotopic (exact) mass is 200 g/mol. The molecule has 1 aliphatic heterocycles. The molecule has 0 aromatic heterocycles. The Morgan fingerprint density at radius 2 is 2.14 bits per heavy atom. The largest absolute Gasteiger partial charge is 0.463 e. The third-order valence-electron chi connectivity index (χ3n) is 2.22. The maximum atomic E-state index is 11.3. The van der Waals surface area contributed by atoms with Crippen LogP contribution in [0.15, 0.2) is 0 Å². The number of epoxide rings is 1. The standard InChI is InChI=1S/C11H20O3/c1-8(2)4-9(3)5-11(12)14-7-10-6-13-10/h8-10H,4-7H2,1-3H3. The van der Waals surface area contributed by atoms with Gasteiger partial charge >= 0.3 is 5.97 Å². The van der Waals surface area contributed by atoms with E-state index < -0.39 is 0 Å². The van der Waals surface area contributed by atoms with E-state index in [1.807, 2.05) is 0 Å². The smallest absolute Gasteiger partial charge is 0.306 e. The van der Waals surface area contributed by atoms with E-state index in [-0.39, 0.29) is 12.1 Å². The Hall–Kier alpha value is -0.570. The molecule has 2 unspecified atom stereocenters. The topological polar surface area (TPSA) is 38.8 Å². The lowest BCUT2D eigenvalue weighted by Crippen LogP contribution is -2.14. The molecule has 0 spiro atoms. The third-order valence-corrected chi connectivity index (χ3v) is 2.22. The minimum absolute atomic E-state index is 0.0892. The van der Waals surface area contributed by atoms with Crippen LogP contribution in [0.2, 0.25) is 0 Å². The van der Waals surface area contributed by atoms with Gasteiger partial charge in [0.1, 0.15) is 12.7 Å². The zero-order valence-corrected chi connectivity index (χ0v) is 9.29. The summed E-state index contributed by atoms with van der Waals surface area (Å²) in [5, 5.41) is 0. The van der Waals surface area contributed by atoms with Crippen molar-refractivity contribution in [2.24, 2.45) is 11.8 Å². The quantitative estimate of drug-likeness (QED) is 0.486. The van der Waals surface area contributed by atoms with Crippen LogP contribution < -0.4 is 0 Å². The molecule has 0 saturated carbocycles. The summed E-state index contributed by atoms with van der Waals surface area (Å²) in [5.74, 6) is 0.973. The van der Waals surface area contributed by atoms with Gasteiger partial charge in [-0.1, -0.05) is 20.8 Å². The van der Waals surface area contributed by atoms with Crippen LogP contribution in [0.4, 0.5) is 0 Å². The van der Waals surface area contributed by atoms with E-state index in [4.69, 9.17) is 9.47 Å². The molecule has 82 valence electrons. The number of carbonyl (C=O) groups excluding carboxylic acids is 1. The molecule has 1 saturated heterocycles. The second-order valence-electron chi connectivity index (χ2n) is 4.58. The van der Waals surface area contributed by atoms with E-state index in [0.29, 0.717) is 24.9 Å². The molecule has 3 heteroatoms. The first-order chi connectivity index (χ1) is 6.58. The van der Waals surface area contributed by atoms with E-state index in [2.05, 4.69) is 20.8 Å². The predicted molar refractivity (Wildman–Crippen MR) is 53.9 cm³/mol. The van der Waals surface area contributed by atoms with Crippen molar-refractivity contribution < 1.29 is 14.3 Å². The summed E-state index contributed by atoms with van der Waals surface area (Å²) in [6.07, 6.45) is 1.79. The van der Waals surface area contributed by atoms with Crippen molar-refractivity contribution in [3.63, 3.8) is 0 Å². The molecule has 1 aliphatic rings. The highest BCUT2D eigenvalue weighted by atomic mass is 16.6. The highest BCUT2D eigenvalue weighted by Gasteiger charge is 2.24. The van der Waals surface area contributed by atoms with Crippen molar-refractivity contribution in [2.45, 2.75) is 39.7 Å². The molecule has 0 aromatic carbocycles. The molecule has 0 radical (unpaired) electrons. The number of esters is 1. The van der Waals surface area contributed by atoms with Crippen LogP contribution in [-0.2, 0) is 14.3 Å². The summed E-state index contributed by atoms with van der Waals surface area (Å²) in [6.45, 7) is 7.61. The number of hydrogen-bond donors (Lipinski definition) is 0. The van der Waals surface area contributed by atoms with Crippen LogP contribution in [0, 0.1) is 11.8 Å². The fourth-order valence-electron chi connectivity index (χ4n) is 1.58. The number of carbonyl (C=O) groups is 1. The third kappa shape index (κ3) is 5.22. The molecular formula is C11H20O3. The summed E-state index contributed by atoms with van der Waals surface area (Å²) in [5.41, 5.74) is 0. The lowest BCUT2D eigenvalue weighted by molar-refractivity contribution is -0.145. The van der Waals surface area contributed by atoms with Crippen LogP contribution in [0.5, 0.6) is 0 Å². The average Bonchev–Trinajstić information content (AvgIpc) is 2.81. The molecular weight excluding hydrogens is 180 g/mol. The zero-order valence-electron chi connectivity index (χ0n) is 9.29. The first kappa shape index (κ1) is 11.5. The van der Waals surface area contributed by atoms with Gasteiger partial charge in [0, 0.05) is 6.42 Å². The average molecular weight is 200 g/mol. The second kappa shape index (κ2) is 5.35. The van der Waals surface area contributed by atoms with Gasteiger partial charge in [0.15, 0.2) is 0 Å². The first-order valence-electron chi connectivity index (χ1n) is 5.35. The summed E-state index contributed by atoms with van der Waals surface area (Å²) in [6, 6.07) is 0. The molecule has 0 N–H and O–H groups in total. The lowest BCUT2D eigenvalue weighted by atomic mass is 9.96. The van der Waals surface area contributed by atoms with E-state index >= 15 is 0 Å². The molecule has 0 aliphatic carbocycles. The van der Waals surface area contributed by atoms with Gasteiger partial charge in [-0.3, -0.25) is 4.79 Å². The fraction of sp³-hybridized carbons (Fsp3) is 0.909. The van der Waals surface area contributed by atoms with E-state index in [1.54, 1.807) is 0 Å². The van der Waals surface area contributed by atoms with Crippen molar-refractivity contribution in [2.75, 3.05) is 13.2 Å². The van der Waals surface area contributed by atoms with Crippen molar-refractivity contribution in [3.8, 4) is 0 Å². The second-order valence-corrected chi connectivity index (χ2v) is 4.58. The van der Waals surface area contributed by atoms with Crippen molar-refractivity contribution in [3.05, 3.63) is 0 Å². The Labute approximate surface area is 85.8 Å². The van der Waals surface area contributed by atoms with Crippen molar-refractivity contribution in [1.82, 2.24) is 0 Å². The first-order valence-corrected chi connectivity index (χ1v) is 5.35. The van der Waals surface area contributed by atoms with Crippen LogP contribution >= 0.6 is 0 Å². The summed E-state index contributed by atoms with van der Waals surface area (Å²) < 4.78 is 10.0. The zero-order chi connectivity index (χ0) is 10.6. The Balaban J connectivity index is 2.05. The van der Waals surface area contributed by atoms with Gasteiger partial charge in [0.05, 0.1) is 6.61 Å². The fourth-order valence-corrected chi connectivity index (χ4v) is 1.58. The molecule has 2 atom stereocenters. The van der Waals surface area contributed by atoms with Gasteiger partial charge in [-0.2, -0.15) is 0 Å². The molecule has 1 rings (SSSR count). The van der Waals surface area contributed by atoms with Gasteiger partial charge in [-0.25, -0.2) is 0 Å². The number of hydrogen-bond acceptors (Lipinski definition) is 3. The number of rotatable bonds is 6. The molecule has 1 fully saturated rings. The highest BCUT2D eigenvalue weighted by Crippen LogP contribution is 2.16. The molecule has 0 amide bonds. The van der Waals surface area contributed by atoms with Gasteiger partial charge in [0.2, 0.25) is 0 Å². The minimum Gasteiger partial charge on any atom is -0.463 e. The van der Waals surface area contributed by atoms with E-state index in [9.17, 15) is 4.79 Å². The Morgan fingerprint density at radius 1 is 1.50 bits per heavy atom. The van der Waals surface area contributed by atoms with Crippen LogP contribution in [0.25, 0.3) is 0 Å². The normalized spacial score (nSPS) is 22.1. The summed E-state index contributed by atoms with van der Waals surface area (Å²) in [4.78, 5) is 11.3. The molecule has 0 bridgehead atoms. The summed E-state index contributed by atoms with van der Waals surface area (Å²) in [7, 11) is 0. The molecule has 3 nitrogen and oxygen atoms in total. The van der Waals surface area contributed by atoms with Crippen LogP contribution in [0.1, 0.15) is 33.6 Å². The Morgan fingerprint density at radius 3 is 2.64 bits per heavy atom. The van der Waals surface area contributed by atoms with Gasteiger partial charge in [-0.15, -0.1) is 0 Å². The van der Waals surface area contributed by atoms with Gasteiger partial charge < -0.3 is 9.47 Å². The van der Waals surface area contributed by atoms with Crippen LogP contribution in [-0.4, -0.2) is 25.3 Å². The van der Waals surface area contributed by atoms with Crippen molar-refractivity contribution in [1.29, 1.82) is 0 Å². The minimum atomic E-state index is -0.0892.